The van der Waals surface area contributed by atoms with Gasteiger partial charge in [0.05, 0.1) is 13.2 Å². The van der Waals surface area contributed by atoms with Crippen LogP contribution in [0.5, 0.6) is 5.75 Å². The lowest BCUT2D eigenvalue weighted by Gasteiger charge is -2.26. The van der Waals surface area contributed by atoms with E-state index in [4.69, 9.17) is 9.47 Å². The molecule has 1 aliphatic heterocycles. The first kappa shape index (κ1) is 17.2. The van der Waals surface area contributed by atoms with Crippen LogP contribution in [0.15, 0.2) is 24.3 Å². The number of ether oxygens (including phenoxy) is 2. The Hall–Kier alpha value is -1.14. The molecule has 5 nitrogen and oxygen atoms in total. The molecule has 0 saturated carbocycles. The van der Waals surface area contributed by atoms with Crippen molar-refractivity contribution in [3.8, 4) is 5.75 Å². The molecule has 2 N–H and O–H groups in total. The van der Waals surface area contributed by atoms with Crippen LogP contribution in [-0.4, -0.2) is 68.7 Å². The average molecular weight is 308 g/mol. The Morgan fingerprint density at radius 1 is 1.27 bits per heavy atom. The highest BCUT2D eigenvalue weighted by molar-refractivity contribution is 5.26. The summed E-state index contributed by atoms with van der Waals surface area (Å²) >= 11 is 0. The fraction of sp³-hybridized carbons (Fsp3) is 0.647. The number of aliphatic hydroxyl groups excluding tert-OH is 1. The molecule has 124 valence electrons. The molecule has 22 heavy (non-hydrogen) atoms. The minimum absolute atomic E-state index is 0.319. The molecule has 0 radical (unpaired) electrons. The molecule has 0 spiro atoms. The summed E-state index contributed by atoms with van der Waals surface area (Å²) in [7, 11) is 0. The van der Waals surface area contributed by atoms with E-state index >= 15 is 0 Å². The van der Waals surface area contributed by atoms with Crippen LogP contribution in [0.2, 0.25) is 0 Å². The smallest absolute Gasteiger partial charge is 0.119 e. The quantitative estimate of drug-likeness (QED) is 0.668. The fourth-order valence-electron chi connectivity index (χ4n) is 2.41. The molecule has 0 aliphatic carbocycles. The van der Waals surface area contributed by atoms with E-state index in [9.17, 15) is 5.11 Å². The first-order chi connectivity index (χ1) is 10.7. The van der Waals surface area contributed by atoms with Gasteiger partial charge in [0.25, 0.3) is 0 Å². The van der Waals surface area contributed by atoms with Crippen molar-refractivity contribution in [1.29, 1.82) is 0 Å². The average Bonchev–Trinajstić information content (AvgIpc) is 2.55. The van der Waals surface area contributed by atoms with Gasteiger partial charge in [-0.25, -0.2) is 0 Å². The van der Waals surface area contributed by atoms with Crippen LogP contribution in [0, 0.1) is 6.92 Å². The Morgan fingerprint density at radius 2 is 2.00 bits per heavy atom. The van der Waals surface area contributed by atoms with Gasteiger partial charge in [-0.05, 0) is 38.6 Å². The lowest BCUT2D eigenvalue weighted by Crippen LogP contribution is -2.38. The van der Waals surface area contributed by atoms with E-state index in [1.807, 2.05) is 31.2 Å². The molecular weight excluding hydrogens is 280 g/mol. The van der Waals surface area contributed by atoms with Crippen LogP contribution >= 0.6 is 0 Å². The number of aryl methyl sites for hydroxylation is 1. The lowest BCUT2D eigenvalue weighted by atomic mass is 10.2. The van der Waals surface area contributed by atoms with Crippen molar-refractivity contribution in [2.45, 2.75) is 19.4 Å². The second-order valence-electron chi connectivity index (χ2n) is 5.79. The van der Waals surface area contributed by atoms with Gasteiger partial charge in [-0.3, -0.25) is 4.90 Å². The zero-order valence-electron chi connectivity index (χ0n) is 13.5. The third-order valence-electron chi connectivity index (χ3n) is 3.77. The molecule has 2 rings (SSSR count). The van der Waals surface area contributed by atoms with Gasteiger partial charge in [-0.1, -0.05) is 17.7 Å². The monoisotopic (exact) mass is 308 g/mol. The third kappa shape index (κ3) is 6.75. The first-order valence-corrected chi connectivity index (χ1v) is 8.12. The Bertz CT molecular complexity index is 405. The van der Waals surface area contributed by atoms with E-state index in [1.54, 1.807) is 0 Å². The highest BCUT2D eigenvalue weighted by Crippen LogP contribution is 2.11. The standard InChI is InChI=1S/C17H28N2O3/c1-15-3-5-17(6-4-15)22-14-16(20)13-18-7-2-8-19-9-11-21-12-10-19/h3-6,16,18,20H,2,7-14H2,1H3/t16-/m1/s1. The van der Waals surface area contributed by atoms with Gasteiger partial charge in [0.15, 0.2) is 0 Å². The molecule has 1 heterocycles. The summed E-state index contributed by atoms with van der Waals surface area (Å²) in [5.74, 6) is 0.803. The number of aliphatic hydroxyl groups is 1. The Labute approximate surface area is 133 Å². The van der Waals surface area contributed by atoms with E-state index in [0.29, 0.717) is 13.2 Å². The highest BCUT2D eigenvalue weighted by atomic mass is 16.5. The van der Waals surface area contributed by atoms with E-state index in [0.717, 1.165) is 51.6 Å². The summed E-state index contributed by atoms with van der Waals surface area (Å²) in [6.45, 7) is 8.70. The molecule has 1 saturated heterocycles. The van der Waals surface area contributed by atoms with Crippen LogP contribution in [0.1, 0.15) is 12.0 Å². The van der Waals surface area contributed by atoms with Crippen LogP contribution in [0.3, 0.4) is 0 Å². The van der Waals surface area contributed by atoms with Gasteiger partial charge in [-0.15, -0.1) is 0 Å². The number of rotatable bonds is 9. The topological polar surface area (TPSA) is 54.0 Å². The van der Waals surface area contributed by atoms with Gasteiger partial charge in [0, 0.05) is 19.6 Å². The summed E-state index contributed by atoms with van der Waals surface area (Å²) in [5.41, 5.74) is 1.20. The molecule has 0 aromatic heterocycles. The molecular formula is C17H28N2O3. The van der Waals surface area contributed by atoms with Crippen LogP contribution in [-0.2, 0) is 4.74 Å². The molecule has 0 amide bonds. The molecule has 5 heteroatoms. The molecule has 0 bridgehead atoms. The molecule has 1 aromatic rings. The largest absolute Gasteiger partial charge is 0.491 e. The Kier molecular flexibility index (Phi) is 7.66. The number of hydrogen-bond donors (Lipinski definition) is 2. The maximum Gasteiger partial charge on any atom is 0.119 e. The van der Waals surface area contributed by atoms with Crippen molar-refractivity contribution in [3.63, 3.8) is 0 Å². The van der Waals surface area contributed by atoms with Crippen LogP contribution in [0.4, 0.5) is 0 Å². The van der Waals surface area contributed by atoms with Crippen LogP contribution in [0.25, 0.3) is 0 Å². The zero-order valence-corrected chi connectivity index (χ0v) is 13.5. The maximum absolute atomic E-state index is 9.90. The number of morpholine rings is 1. The van der Waals surface area contributed by atoms with Crippen LogP contribution < -0.4 is 10.1 Å². The number of nitrogens with one attached hydrogen (secondary N) is 1. The number of hydrogen-bond acceptors (Lipinski definition) is 5. The number of nitrogens with zero attached hydrogens (tertiary/aromatic N) is 1. The van der Waals surface area contributed by atoms with E-state index in [1.165, 1.54) is 5.56 Å². The van der Waals surface area contributed by atoms with Crippen molar-refractivity contribution in [2.75, 3.05) is 52.5 Å². The van der Waals surface area contributed by atoms with Crippen molar-refractivity contribution in [2.24, 2.45) is 0 Å². The van der Waals surface area contributed by atoms with Crippen molar-refractivity contribution in [1.82, 2.24) is 10.2 Å². The summed E-state index contributed by atoms with van der Waals surface area (Å²) in [5, 5.41) is 13.2. The van der Waals surface area contributed by atoms with Crippen molar-refractivity contribution < 1.29 is 14.6 Å². The summed E-state index contributed by atoms with van der Waals surface area (Å²) in [6, 6.07) is 7.87. The van der Waals surface area contributed by atoms with Crippen molar-refractivity contribution in [3.05, 3.63) is 29.8 Å². The minimum atomic E-state index is -0.482. The van der Waals surface area contributed by atoms with E-state index < -0.39 is 6.10 Å². The van der Waals surface area contributed by atoms with Gasteiger partial charge >= 0.3 is 0 Å². The molecule has 1 atom stereocenters. The molecule has 0 unspecified atom stereocenters. The highest BCUT2D eigenvalue weighted by Gasteiger charge is 2.09. The Balaban J connectivity index is 1.48. The summed E-state index contributed by atoms with van der Waals surface area (Å²) < 4.78 is 10.9. The summed E-state index contributed by atoms with van der Waals surface area (Å²) in [4.78, 5) is 2.42. The molecule has 1 aromatic carbocycles. The fourth-order valence-corrected chi connectivity index (χ4v) is 2.41. The van der Waals surface area contributed by atoms with Gasteiger partial charge in [-0.2, -0.15) is 0 Å². The zero-order chi connectivity index (χ0) is 15.6. The second-order valence-corrected chi connectivity index (χ2v) is 5.79. The predicted octanol–water partition coefficient (Wildman–Crippen LogP) is 1.05. The normalized spacial score (nSPS) is 17.4. The maximum atomic E-state index is 9.90. The van der Waals surface area contributed by atoms with Gasteiger partial charge in [0.2, 0.25) is 0 Å². The van der Waals surface area contributed by atoms with E-state index in [2.05, 4.69) is 10.2 Å². The van der Waals surface area contributed by atoms with Gasteiger partial charge < -0.3 is 19.9 Å². The third-order valence-corrected chi connectivity index (χ3v) is 3.77. The van der Waals surface area contributed by atoms with Gasteiger partial charge in [0.1, 0.15) is 18.5 Å². The SMILES string of the molecule is Cc1ccc(OC[C@H](O)CNCCCN2CCOCC2)cc1. The number of benzene rings is 1. The first-order valence-electron chi connectivity index (χ1n) is 8.12. The van der Waals surface area contributed by atoms with Crippen molar-refractivity contribution >= 4 is 0 Å². The minimum Gasteiger partial charge on any atom is -0.491 e. The predicted molar refractivity (Wildman–Crippen MR) is 87.4 cm³/mol. The Morgan fingerprint density at radius 3 is 2.73 bits per heavy atom. The second kappa shape index (κ2) is 9.79. The lowest BCUT2D eigenvalue weighted by molar-refractivity contribution is 0.0373. The summed E-state index contributed by atoms with van der Waals surface area (Å²) in [6.07, 6.45) is 0.607. The molecule has 1 aliphatic rings. The van der Waals surface area contributed by atoms with E-state index in [-0.39, 0.29) is 0 Å². The molecule has 1 fully saturated rings.